The Balaban J connectivity index is 1.02. The van der Waals surface area contributed by atoms with E-state index in [1.165, 1.54) is 16.7 Å². The summed E-state index contributed by atoms with van der Waals surface area (Å²) < 4.78 is 10.8. The number of amidine groups is 2. The highest BCUT2D eigenvalue weighted by Gasteiger charge is 2.42. The number of benzene rings is 3. The van der Waals surface area contributed by atoms with Gasteiger partial charge in [-0.2, -0.15) is 0 Å². The van der Waals surface area contributed by atoms with E-state index in [1.807, 2.05) is 54.3 Å². The summed E-state index contributed by atoms with van der Waals surface area (Å²) in [5.74, 6) is 1.31. The number of piperazine rings is 1. The minimum Gasteiger partial charge on any atom is -0.454 e. The molecule has 236 valence electrons. The number of nitrogens with zero attached hydrogens (tertiary/aromatic N) is 5. The molecule has 4 aliphatic rings. The summed E-state index contributed by atoms with van der Waals surface area (Å²) in [6.45, 7) is 4.88. The number of hydrogen-bond acceptors (Lipinski definition) is 9. The fourth-order valence-electron chi connectivity index (χ4n) is 5.99. The van der Waals surface area contributed by atoms with Crippen molar-refractivity contribution in [3.05, 3.63) is 78.4 Å². The van der Waals surface area contributed by atoms with E-state index in [0.29, 0.717) is 59.8 Å². The summed E-state index contributed by atoms with van der Waals surface area (Å²) in [6, 6.07) is 22.3. The van der Waals surface area contributed by atoms with Crippen molar-refractivity contribution in [3.8, 4) is 11.5 Å². The van der Waals surface area contributed by atoms with Gasteiger partial charge in [0.2, 0.25) is 18.6 Å². The molecule has 0 spiro atoms. The Kier molecular flexibility index (Phi) is 8.35. The number of fused-ring (bicyclic) bond motifs is 4. The fourth-order valence-corrected chi connectivity index (χ4v) is 7.01. The molecule has 4 aliphatic heterocycles. The number of carbonyl (C=O) groups excluding carboxylic acids is 3. The molecule has 0 bridgehead atoms. The third-order valence-corrected chi connectivity index (χ3v) is 9.80. The normalized spacial score (nSPS) is 18.8. The van der Waals surface area contributed by atoms with E-state index in [1.54, 1.807) is 18.2 Å². The zero-order chi connectivity index (χ0) is 31.6. The van der Waals surface area contributed by atoms with E-state index in [2.05, 4.69) is 22.3 Å². The Morgan fingerprint density at radius 2 is 1.74 bits per heavy atom. The van der Waals surface area contributed by atoms with Crippen LogP contribution in [-0.2, 0) is 14.4 Å². The van der Waals surface area contributed by atoms with Crippen LogP contribution in [-0.4, -0.2) is 82.8 Å². The highest BCUT2D eigenvalue weighted by molar-refractivity contribution is 8.15. The second-order valence-electron chi connectivity index (χ2n) is 11.4. The van der Waals surface area contributed by atoms with E-state index in [-0.39, 0.29) is 30.9 Å². The first-order valence-electron chi connectivity index (χ1n) is 15.5. The summed E-state index contributed by atoms with van der Waals surface area (Å²) in [5, 5.41) is 2.83. The Hall–Kier alpha value is -4.84. The maximum atomic E-state index is 13.8. The van der Waals surface area contributed by atoms with Gasteiger partial charge in [0.25, 0.3) is 5.91 Å². The van der Waals surface area contributed by atoms with Crippen molar-refractivity contribution in [2.45, 2.75) is 37.5 Å². The molecule has 1 N–H and O–H groups in total. The third-order valence-electron chi connectivity index (χ3n) is 8.48. The van der Waals surface area contributed by atoms with Crippen LogP contribution in [0, 0.1) is 0 Å². The van der Waals surface area contributed by atoms with Gasteiger partial charge in [0, 0.05) is 55.6 Å². The molecule has 0 radical (unpaired) electrons. The largest absolute Gasteiger partial charge is 0.454 e. The predicted octanol–water partition coefficient (Wildman–Crippen LogP) is 4.65. The van der Waals surface area contributed by atoms with Crippen molar-refractivity contribution in [2.75, 3.05) is 43.2 Å². The van der Waals surface area contributed by atoms with Crippen molar-refractivity contribution >= 4 is 57.5 Å². The number of thioether (sulfide) groups is 1. The molecule has 1 fully saturated rings. The topological polar surface area (TPSA) is 116 Å². The minimum atomic E-state index is -0.705. The monoisotopic (exact) mass is 638 g/mol. The van der Waals surface area contributed by atoms with Gasteiger partial charge in [-0.1, -0.05) is 49.0 Å². The Morgan fingerprint density at radius 1 is 0.978 bits per heavy atom. The molecule has 12 heteroatoms. The SMILES string of the molecule is CCC(SC1=Nc2ccccc2C2=NC(CCC(=O)N3CCN(c4ccccc4)CC3)C(=O)N12)C(=O)Nc1ccc2c(c1)OCO2. The smallest absolute Gasteiger partial charge is 0.259 e. The molecule has 2 atom stereocenters. The van der Waals surface area contributed by atoms with Gasteiger partial charge >= 0.3 is 0 Å². The van der Waals surface area contributed by atoms with Crippen molar-refractivity contribution in [2.24, 2.45) is 9.98 Å². The summed E-state index contributed by atoms with van der Waals surface area (Å²) in [6.07, 6.45) is 1.04. The predicted molar refractivity (Wildman–Crippen MR) is 178 cm³/mol. The lowest BCUT2D eigenvalue weighted by Crippen LogP contribution is -2.49. The van der Waals surface area contributed by atoms with E-state index in [4.69, 9.17) is 19.5 Å². The van der Waals surface area contributed by atoms with Crippen molar-refractivity contribution in [1.29, 1.82) is 0 Å². The molecule has 3 amide bonds. The average Bonchev–Trinajstić information content (AvgIpc) is 3.70. The molecule has 1 saturated heterocycles. The van der Waals surface area contributed by atoms with Crippen LogP contribution >= 0.6 is 11.8 Å². The van der Waals surface area contributed by atoms with Gasteiger partial charge in [-0.05, 0) is 49.2 Å². The lowest BCUT2D eigenvalue weighted by Gasteiger charge is -2.36. The van der Waals surface area contributed by atoms with E-state index in [9.17, 15) is 14.4 Å². The number of nitrogens with one attached hydrogen (secondary N) is 1. The Morgan fingerprint density at radius 3 is 2.54 bits per heavy atom. The summed E-state index contributed by atoms with van der Waals surface area (Å²) >= 11 is 1.24. The van der Waals surface area contributed by atoms with Crippen molar-refractivity contribution in [3.63, 3.8) is 0 Å². The maximum absolute atomic E-state index is 13.8. The van der Waals surface area contributed by atoms with E-state index in [0.717, 1.165) is 24.3 Å². The van der Waals surface area contributed by atoms with E-state index < -0.39 is 11.3 Å². The van der Waals surface area contributed by atoms with Gasteiger partial charge in [-0.3, -0.25) is 19.4 Å². The highest BCUT2D eigenvalue weighted by Crippen LogP contribution is 2.37. The number of hydrogen-bond donors (Lipinski definition) is 1. The zero-order valence-electron chi connectivity index (χ0n) is 25.4. The lowest BCUT2D eigenvalue weighted by molar-refractivity contribution is -0.132. The first-order chi connectivity index (χ1) is 22.5. The van der Waals surface area contributed by atoms with Gasteiger partial charge in [-0.25, -0.2) is 9.89 Å². The Labute approximate surface area is 271 Å². The standard InChI is InChI=1S/C34H34N6O5S/c1-2-29(32(42)35-22-12-14-27-28(20-22)45-21-44-27)46-34-37-25-11-7-6-10-24(25)31-36-26(33(43)40(31)34)13-15-30(41)39-18-16-38(17-19-39)23-8-4-3-5-9-23/h3-12,14,20,26,29H,2,13,15-19,21H2,1H3,(H,35,42). The summed E-state index contributed by atoms with van der Waals surface area (Å²) in [7, 11) is 0. The summed E-state index contributed by atoms with van der Waals surface area (Å²) in [4.78, 5) is 55.8. The van der Waals surface area contributed by atoms with Crippen LogP contribution in [0.4, 0.5) is 17.1 Å². The molecular formula is C34H34N6O5S. The van der Waals surface area contributed by atoms with Crippen LogP contribution in [0.1, 0.15) is 31.7 Å². The average molecular weight is 639 g/mol. The van der Waals surface area contributed by atoms with Crippen molar-refractivity contribution < 1.29 is 23.9 Å². The number of ether oxygens (including phenoxy) is 2. The van der Waals surface area contributed by atoms with Crippen LogP contribution in [0.2, 0.25) is 0 Å². The molecule has 0 saturated carbocycles. The molecule has 0 aliphatic carbocycles. The van der Waals surface area contributed by atoms with Gasteiger partial charge in [-0.15, -0.1) is 0 Å². The van der Waals surface area contributed by atoms with Crippen LogP contribution in [0.3, 0.4) is 0 Å². The number of amides is 3. The van der Waals surface area contributed by atoms with Crippen LogP contribution < -0.4 is 19.7 Å². The zero-order valence-corrected chi connectivity index (χ0v) is 26.2. The number of rotatable bonds is 8. The van der Waals surface area contributed by atoms with Crippen LogP contribution in [0.5, 0.6) is 11.5 Å². The second kappa shape index (κ2) is 12.9. The van der Waals surface area contributed by atoms with Gasteiger partial charge < -0.3 is 24.6 Å². The maximum Gasteiger partial charge on any atom is 0.259 e. The quantitative estimate of drug-likeness (QED) is 0.382. The molecule has 7 rings (SSSR count). The number of aliphatic imine (C=N–C) groups is 2. The van der Waals surface area contributed by atoms with Crippen molar-refractivity contribution in [1.82, 2.24) is 9.80 Å². The van der Waals surface area contributed by atoms with Gasteiger partial charge in [0.05, 0.1) is 10.9 Å². The molecule has 46 heavy (non-hydrogen) atoms. The second-order valence-corrected chi connectivity index (χ2v) is 12.5. The van der Waals surface area contributed by atoms with E-state index >= 15 is 0 Å². The molecule has 0 aromatic heterocycles. The minimum absolute atomic E-state index is 0.0282. The molecule has 4 heterocycles. The Bertz CT molecular complexity index is 1720. The fraction of sp³-hybridized carbons (Fsp3) is 0.324. The lowest BCUT2D eigenvalue weighted by atomic mass is 10.1. The molecule has 2 unspecified atom stereocenters. The third kappa shape index (κ3) is 5.92. The molecule has 11 nitrogen and oxygen atoms in total. The summed E-state index contributed by atoms with van der Waals surface area (Å²) in [5.41, 5.74) is 3.19. The number of carbonyl (C=O) groups is 3. The molecular weight excluding hydrogens is 604 g/mol. The molecule has 3 aromatic rings. The first kappa shape index (κ1) is 29.8. The first-order valence-corrected chi connectivity index (χ1v) is 16.4. The van der Waals surface area contributed by atoms with Gasteiger partial charge in [0.15, 0.2) is 16.7 Å². The number of para-hydroxylation sites is 2. The van der Waals surface area contributed by atoms with Crippen LogP contribution in [0.15, 0.2) is 82.8 Å². The van der Waals surface area contributed by atoms with Gasteiger partial charge in [0.1, 0.15) is 11.9 Å². The highest BCUT2D eigenvalue weighted by atomic mass is 32.2. The van der Waals surface area contributed by atoms with Crippen LogP contribution in [0.25, 0.3) is 0 Å². The number of anilines is 2. The molecule has 3 aromatic carbocycles.